The molecular weight excluding hydrogens is 298 g/mol. The van der Waals surface area contributed by atoms with E-state index in [1.165, 1.54) is 12.7 Å². The zero-order chi connectivity index (χ0) is 15.7. The Bertz CT molecular complexity index is 724. The summed E-state index contributed by atoms with van der Waals surface area (Å²) < 4.78 is 6.76. The predicted octanol–water partition coefficient (Wildman–Crippen LogP) is 2.82. The SMILES string of the molecule is COCC(=O)Nc1c2c(nn1-c1ccc(C)cc1C)CSC2. The number of aromatic nitrogens is 2. The van der Waals surface area contributed by atoms with E-state index < -0.39 is 0 Å². The first-order valence-electron chi connectivity index (χ1n) is 7.15. The Morgan fingerprint density at radius 1 is 1.41 bits per heavy atom. The molecule has 0 unspecified atom stereocenters. The minimum absolute atomic E-state index is 0.0416. The number of amides is 1. The van der Waals surface area contributed by atoms with E-state index in [1.54, 1.807) is 0 Å². The lowest BCUT2D eigenvalue weighted by atomic mass is 10.1. The lowest BCUT2D eigenvalue weighted by Gasteiger charge is -2.13. The van der Waals surface area contributed by atoms with Gasteiger partial charge in [-0.1, -0.05) is 17.7 Å². The third-order valence-electron chi connectivity index (χ3n) is 3.67. The zero-order valence-electron chi connectivity index (χ0n) is 13.0. The summed E-state index contributed by atoms with van der Waals surface area (Å²) in [5.41, 5.74) is 5.52. The Labute approximate surface area is 134 Å². The van der Waals surface area contributed by atoms with E-state index in [0.29, 0.717) is 0 Å². The van der Waals surface area contributed by atoms with Gasteiger partial charge in [-0.3, -0.25) is 4.79 Å². The van der Waals surface area contributed by atoms with Gasteiger partial charge in [0, 0.05) is 24.2 Å². The maximum Gasteiger partial charge on any atom is 0.251 e. The van der Waals surface area contributed by atoms with Gasteiger partial charge in [-0.25, -0.2) is 4.68 Å². The Morgan fingerprint density at radius 3 is 2.95 bits per heavy atom. The molecule has 2 heterocycles. The number of hydrogen-bond acceptors (Lipinski definition) is 4. The molecule has 116 valence electrons. The lowest BCUT2D eigenvalue weighted by Crippen LogP contribution is -2.20. The summed E-state index contributed by atoms with van der Waals surface area (Å²) in [6, 6.07) is 6.23. The van der Waals surface area contributed by atoms with Crippen LogP contribution in [0.2, 0.25) is 0 Å². The third kappa shape index (κ3) is 2.76. The third-order valence-corrected chi connectivity index (χ3v) is 4.64. The van der Waals surface area contributed by atoms with E-state index in [4.69, 9.17) is 9.84 Å². The van der Waals surface area contributed by atoms with Crippen LogP contribution >= 0.6 is 11.8 Å². The van der Waals surface area contributed by atoms with Gasteiger partial charge in [0.2, 0.25) is 0 Å². The number of nitrogens with zero attached hydrogens (tertiary/aromatic N) is 2. The molecule has 1 aromatic carbocycles. The van der Waals surface area contributed by atoms with Gasteiger partial charge in [0.15, 0.2) is 0 Å². The largest absolute Gasteiger partial charge is 0.375 e. The zero-order valence-corrected chi connectivity index (χ0v) is 13.8. The molecule has 0 atom stereocenters. The lowest BCUT2D eigenvalue weighted by molar-refractivity contribution is -0.119. The van der Waals surface area contributed by atoms with Gasteiger partial charge >= 0.3 is 0 Å². The summed E-state index contributed by atoms with van der Waals surface area (Å²) in [7, 11) is 1.52. The van der Waals surface area contributed by atoms with Crippen molar-refractivity contribution in [3.05, 3.63) is 40.6 Å². The van der Waals surface area contributed by atoms with Crippen LogP contribution < -0.4 is 5.32 Å². The molecule has 2 aromatic rings. The number of fused-ring (bicyclic) bond motifs is 1. The first-order valence-corrected chi connectivity index (χ1v) is 8.30. The monoisotopic (exact) mass is 317 g/mol. The average molecular weight is 317 g/mol. The van der Waals surface area contributed by atoms with Crippen LogP contribution in [0.1, 0.15) is 22.4 Å². The van der Waals surface area contributed by atoms with Gasteiger partial charge in [-0.05, 0) is 25.5 Å². The molecule has 1 aliphatic heterocycles. The van der Waals surface area contributed by atoms with E-state index in [2.05, 4.69) is 31.3 Å². The summed E-state index contributed by atoms with van der Waals surface area (Å²) in [5.74, 6) is 2.38. The topological polar surface area (TPSA) is 56.1 Å². The highest BCUT2D eigenvalue weighted by atomic mass is 32.2. The fourth-order valence-corrected chi connectivity index (χ4v) is 3.69. The second-order valence-electron chi connectivity index (χ2n) is 5.45. The maximum atomic E-state index is 11.9. The molecule has 0 saturated carbocycles. The van der Waals surface area contributed by atoms with Gasteiger partial charge in [0.05, 0.1) is 11.4 Å². The van der Waals surface area contributed by atoms with Gasteiger partial charge < -0.3 is 10.1 Å². The van der Waals surface area contributed by atoms with Crippen LogP contribution in [-0.2, 0) is 21.0 Å². The van der Waals surface area contributed by atoms with Gasteiger partial charge in [-0.15, -0.1) is 0 Å². The first kappa shape index (κ1) is 15.1. The summed E-state index contributed by atoms with van der Waals surface area (Å²) in [6.45, 7) is 4.17. The molecule has 3 rings (SSSR count). The van der Waals surface area contributed by atoms with Crippen LogP contribution in [0, 0.1) is 13.8 Å². The molecule has 0 fully saturated rings. The van der Waals surface area contributed by atoms with Crippen molar-refractivity contribution in [2.45, 2.75) is 25.4 Å². The first-order chi connectivity index (χ1) is 10.6. The maximum absolute atomic E-state index is 11.9. The molecule has 0 saturated heterocycles. The number of aryl methyl sites for hydroxylation is 2. The van der Waals surface area contributed by atoms with Crippen LogP contribution in [0.3, 0.4) is 0 Å². The van der Waals surface area contributed by atoms with Gasteiger partial charge in [0.1, 0.15) is 12.4 Å². The quantitative estimate of drug-likeness (QED) is 0.942. The highest BCUT2D eigenvalue weighted by Gasteiger charge is 2.25. The fourth-order valence-electron chi connectivity index (χ4n) is 2.66. The number of rotatable bonds is 4. The number of carbonyl (C=O) groups excluding carboxylic acids is 1. The van der Waals surface area contributed by atoms with Crippen molar-refractivity contribution in [1.82, 2.24) is 9.78 Å². The number of anilines is 1. The summed E-state index contributed by atoms with van der Waals surface area (Å²) in [6.07, 6.45) is 0. The number of benzene rings is 1. The molecular formula is C16H19N3O2S. The molecule has 0 radical (unpaired) electrons. The minimum atomic E-state index is -0.159. The molecule has 1 N–H and O–H groups in total. The Hall–Kier alpha value is -1.79. The molecule has 1 aromatic heterocycles. The molecule has 0 spiro atoms. The molecule has 1 aliphatic rings. The second-order valence-corrected chi connectivity index (χ2v) is 6.44. The standard InChI is InChI=1S/C16H19N3O2S/c1-10-4-5-14(11(2)6-10)19-16(17-15(20)7-21-3)12-8-22-9-13(12)18-19/h4-6H,7-9H2,1-3H3,(H,17,20). The molecule has 6 heteroatoms. The van der Waals surface area contributed by atoms with Crippen molar-refractivity contribution in [1.29, 1.82) is 0 Å². The van der Waals surface area contributed by atoms with Crippen LogP contribution in [0.5, 0.6) is 0 Å². The van der Waals surface area contributed by atoms with E-state index in [1.807, 2.05) is 22.5 Å². The molecule has 22 heavy (non-hydrogen) atoms. The van der Waals surface area contributed by atoms with Crippen molar-refractivity contribution < 1.29 is 9.53 Å². The smallest absolute Gasteiger partial charge is 0.251 e. The summed E-state index contributed by atoms with van der Waals surface area (Å²) >= 11 is 1.82. The van der Waals surface area contributed by atoms with Crippen molar-refractivity contribution in [3.63, 3.8) is 0 Å². The molecule has 1 amide bonds. The number of ether oxygens (including phenoxy) is 1. The molecule has 0 bridgehead atoms. The Kier molecular flexibility index (Phi) is 4.22. The second kappa shape index (κ2) is 6.14. The minimum Gasteiger partial charge on any atom is -0.375 e. The van der Waals surface area contributed by atoms with E-state index in [0.717, 1.165) is 39.8 Å². The van der Waals surface area contributed by atoms with Crippen LogP contribution in [0.25, 0.3) is 5.69 Å². The van der Waals surface area contributed by atoms with Crippen LogP contribution in [-0.4, -0.2) is 29.4 Å². The van der Waals surface area contributed by atoms with Crippen LogP contribution in [0.4, 0.5) is 5.82 Å². The van der Waals surface area contributed by atoms with Gasteiger partial charge in [-0.2, -0.15) is 16.9 Å². The summed E-state index contributed by atoms with van der Waals surface area (Å²) in [4.78, 5) is 11.9. The number of nitrogens with one attached hydrogen (secondary N) is 1. The highest BCUT2D eigenvalue weighted by molar-refractivity contribution is 7.98. The van der Waals surface area contributed by atoms with Crippen molar-refractivity contribution in [2.24, 2.45) is 0 Å². The van der Waals surface area contributed by atoms with Gasteiger partial charge in [0.25, 0.3) is 5.91 Å². The van der Waals surface area contributed by atoms with Crippen molar-refractivity contribution in [3.8, 4) is 5.69 Å². The van der Waals surface area contributed by atoms with Crippen LogP contribution in [0.15, 0.2) is 18.2 Å². The number of carbonyl (C=O) groups is 1. The number of hydrogen-bond donors (Lipinski definition) is 1. The van der Waals surface area contributed by atoms with E-state index >= 15 is 0 Å². The van der Waals surface area contributed by atoms with E-state index in [-0.39, 0.29) is 12.5 Å². The molecule has 5 nitrogen and oxygen atoms in total. The predicted molar refractivity (Wildman–Crippen MR) is 88.5 cm³/mol. The Morgan fingerprint density at radius 2 is 2.23 bits per heavy atom. The normalized spacial score (nSPS) is 13.2. The number of methoxy groups -OCH3 is 1. The van der Waals surface area contributed by atoms with E-state index in [9.17, 15) is 4.79 Å². The van der Waals surface area contributed by atoms with Crippen molar-refractivity contribution >= 4 is 23.5 Å². The average Bonchev–Trinajstić information content (AvgIpc) is 3.02. The summed E-state index contributed by atoms with van der Waals surface area (Å²) in [5, 5.41) is 7.66. The highest BCUT2D eigenvalue weighted by Crippen LogP contribution is 2.36. The molecule has 0 aliphatic carbocycles. The van der Waals surface area contributed by atoms with Crippen molar-refractivity contribution in [2.75, 3.05) is 19.0 Å². The Balaban J connectivity index is 2.05. The number of thioether (sulfide) groups is 1. The fraction of sp³-hybridized carbons (Fsp3) is 0.375.